The second-order valence-corrected chi connectivity index (χ2v) is 3.61. The fourth-order valence-corrected chi connectivity index (χ4v) is 1.44. The summed E-state index contributed by atoms with van der Waals surface area (Å²) >= 11 is 0. The van der Waals surface area contributed by atoms with E-state index in [0.717, 1.165) is 7.05 Å². The van der Waals surface area contributed by atoms with Crippen molar-refractivity contribution in [1.29, 1.82) is 0 Å². The van der Waals surface area contributed by atoms with Gasteiger partial charge in [0.15, 0.2) is 5.92 Å². The SMILES string of the molecule is CNC(CCC(F)(F)F)C(C(F)(F)F)C(F)(F)F. The van der Waals surface area contributed by atoms with Gasteiger partial charge in [0.25, 0.3) is 0 Å². The molecule has 10 heteroatoms. The summed E-state index contributed by atoms with van der Waals surface area (Å²) in [7, 11) is 0.755. The highest BCUT2D eigenvalue weighted by Crippen LogP contribution is 2.42. The Morgan fingerprint density at radius 2 is 1.22 bits per heavy atom. The Morgan fingerprint density at radius 1 is 0.833 bits per heavy atom. The van der Waals surface area contributed by atoms with Crippen molar-refractivity contribution in [1.82, 2.24) is 5.32 Å². The minimum absolute atomic E-state index is 0.755. The van der Waals surface area contributed by atoms with Crippen LogP contribution in [0.4, 0.5) is 39.5 Å². The highest BCUT2D eigenvalue weighted by atomic mass is 19.4. The molecule has 0 rings (SSSR count). The molecule has 0 spiro atoms. The molecule has 1 nitrogen and oxygen atoms in total. The van der Waals surface area contributed by atoms with Crippen LogP contribution in [-0.2, 0) is 0 Å². The van der Waals surface area contributed by atoms with Crippen molar-refractivity contribution in [2.45, 2.75) is 37.4 Å². The van der Waals surface area contributed by atoms with Gasteiger partial charge in [0.05, 0.1) is 0 Å². The molecule has 18 heavy (non-hydrogen) atoms. The van der Waals surface area contributed by atoms with Gasteiger partial charge in [0.1, 0.15) is 0 Å². The van der Waals surface area contributed by atoms with Gasteiger partial charge in [0.2, 0.25) is 0 Å². The van der Waals surface area contributed by atoms with Crippen molar-refractivity contribution >= 4 is 0 Å². The predicted octanol–water partition coefficient (Wildman–Crippen LogP) is 3.66. The van der Waals surface area contributed by atoms with Crippen LogP contribution in [0.3, 0.4) is 0 Å². The zero-order valence-electron chi connectivity index (χ0n) is 8.97. The van der Waals surface area contributed by atoms with Gasteiger partial charge in [-0.2, -0.15) is 39.5 Å². The highest BCUT2D eigenvalue weighted by molar-refractivity contribution is 4.86. The molecule has 110 valence electrons. The Bertz CT molecular complexity index is 237. The second-order valence-electron chi connectivity index (χ2n) is 3.61. The Kier molecular flexibility index (Phi) is 5.33. The van der Waals surface area contributed by atoms with E-state index >= 15 is 0 Å². The molecule has 0 bridgehead atoms. The number of hydrogen-bond donors (Lipinski definition) is 1. The Labute approximate surface area is 96.3 Å². The third-order valence-electron chi connectivity index (χ3n) is 2.22. The van der Waals surface area contributed by atoms with E-state index in [1.807, 2.05) is 0 Å². The van der Waals surface area contributed by atoms with Gasteiger partial charge in [-0.1, -0.05) is 0 Å². The van der Waals surface area contributed by atoms with Gasteiger partial charge < -0.3 is 5.32 Å². The third kappa shape index (κ3) is 5.78. The van der Waals surface area contributed by atoms with E-state index < -0.39 is 43.3 Å². The van der Waals surface area contributed by atoms with E-state index in [-0.39, 0.29) is 0 Å². The lowest BCUT2D eigenvalue weighted by molar-refractivity contribution is -0.293. The molecule has 0 fully saturated rings. The molecule has 0 amide bonds. The molecule has 0 aromatic heterocycles. The first-order valence-electron chi connectivity index (χ1n) is 4.66. The summed E-state index contributed by atoms with van der Waals surface area (Å²) in [4.78, 5) is 0. The zero-order valence-corrected chi connectivity index (χ0v) is 8.97. The van der Waals surface area contributed by atoms with Crippen molar-refractivity contribution in [2.24, 2.45) is 5.92 Å². The summed E-state index contributed by atoms with van der Waals surface area (Å²) in [5.74, 6) is -3.82. The van der Waals surface area contributed by atoms with Gasteiger partial charge in [-0.3, -0.25) is 0 Å². The topological polar surface area (TPSA) is 12.0 Å². The Morgan fingerprint density at radius 3 is 1.44 bits per heavy atom. The number of hydrogen-bond acceptors (Lipinski definition) is 1. The van der Waals surface area contributed by atoms with E-state index in [0.29, 0.717) is 0 Å². The smallest absolute Gasteiger partial charge is 0.316 e. The van der Waals surface area contributed by atoms with Gasteiger partial charge in [-0.25, -0.2) is 0 Å². The van der Waals surface area contributed by atoms with Crippen LogP contribution in [0, 0.1) is 5.92 Å². The Hall–Kier alpha value is -0.670. The van der Waals surface area contributed by atoms with Gasteiger partial charge in [0, 0.05) is 12.5 Å². The van der Waals surface area contributed by atoms with Crippen LogP contribution in [0.2, 0.25) is 0 Å². The average Bonchev–Trinajstić information content (AvgIpc) is 2.05. The molecule has 1 atom stereocenters. The molecule has 0 aromatic rings. The minimum atomic E-state index is -5.66. The number of nitrogens with one attached hydrogen (secondary N) is 1. The van der Waals surface area contributed by atoms with Crippen LogP contribution in [0.25, 0.3) is 0 Å². The maximum absolute atomic E-state index is 12.2. The quantitative estimate of drug-likeness (QED) is 0.779. The molecule has 0 aliphatic carbocycles. The molecule has 0 aliphatic heterocycles. The summed E-state index contributed by atoms with van der Waals surface area (Å²) in [6.07, 6.45) is -19.1. The van der Waals surface area contributed by atoms with Crippen LogP contribution < -0.4 is 5.32 Å². The standard InChI is InChI=1S/C8H10F9N/c1-18-4(2-3-6(9,10)11)5(7(12,13)14)8(15,16)17/h4-5,18H,2-3H2,1H3. The molecule has 0 radical (unpaired) electrons. The van der Waals surface area contributed by atoms with E-state index in [9.17, 15) is 39.5 Å². The van der Waals surface area contributed by atoms with Crippen molar-refractivity contribution in [3.8, 4) is 0 Å². The van der Waals surface area contributed by atoms with Crippen LogP contribution in [0.5, 0.6) is 0 Å². The summed E-state index contributed by atoms with van der Waals surface area (Å²) in [5, 5.41) is 1.65. The summed E-state index contributed by atoms with van der Waals surface area (Å²) in [6.45, 7) is 0. The van der Waals surface area contributed by atoms with E-state index in [4.69, 9.17) is 0 Å². The molecule has 0 saturated carbocycles. The van der Waals surface area contributed by atoms with Crippen molar-refractivity contribution in [3.63, 3.8) is 0 Å². The number of halogens is 9. The van der Waals surface area contributed by atoms with E-state index in [1.54, 1.807) is 5.32 Å². The first-order chi connectivity index (χ1) is 7.79. The van der Waals surface area contributed by atoms with E-state index in [1.165, 1.54) is 0 Å². The molecule has 1 unspecified atom stereocenters. The van der Waals surface area contributed by atoms with Crippen LogP contribution >= 0.6 is 0 Å². The van der Waals surface area contributed by atoms with Gasteiger partial charge in [-0.05, 0) is 13.5 Å². The second kappa shape index (κ2) is 5.54. The van der Waals surface area contributed by atoms with Crippen LogP contribution in [0.1, 0.15) is 12.8 Å². The maximum Gasteiger partial charge on any atom is 0.401 e. The molecule has 0 saturated heterocycles. The molecular weight excluding hydrogens is 281 g/mol. The molecular formula is C8H10F9N. The lowest BCUT2D eigenvalue weighted by atomic mass is 9.94. The fraction of sp³-hybridized carbons (Fsp3) is 1.00. The van der Waals surface area contributed by atoms with E-state index in [2.05, 4.69) is 0 Å². The minimum Gasteiger partial charge on any atom is -0.316 e. The average molecular weight is 291 g/mol. The molecule has 0 heterocycles. The molecule has 1 N–H and O–H groups in total. The van der Waals surface area contributed by atoms with Crippen LogP contribution in [0.15, 0.2) is 0 Å². The van der Waals surface area contributed by atoms with Gasteiger partial charge in [-0.15, -0.1) is 0 Å². The van der Waals surface area contributed by atoms with Crippen molar-refractivity contribution < 1.29 is 39.5 Å². The molecule has 0 aromatic carbocycles. The van der Waals surface area contributed by atoms with Crippen molar-refractivity contribution in [2.75, 3.05) is 7.05 Å². The number of alkyl halides is 9. The summed E-state index contributed by atoms with van der Waals surface area (Å²) < 4.78 is 109. The van der Waals surface area contributed by atoms with Crippen molar-refractivity contribution in [3.05, 3.63) is 0 Å². The third-order valence-corrected chi connectivity index (χ3v) is 2.22. The first kappa shape index (κ1) is 17.3. The summed E-state index contributed by atoms with van der Waals surface area (Å²) in [5.41, 5.74) is 0. The lowest BCUT2D eigenvalue weighted by Gasteiger charge is -2.30. The predicted molar refractivity (Wildman–Crippen MR) is 43.7 cm³/mol. The maximum atomic E-state index is 12.2. The number of rotatable bonds is 4. The lowest BCUT2D eigenvalue weighted by Crippen LogP contribution is -2.50. The fourth-order valence-electron chi connectivity index (χ4n) is 1.44. The summed E-state index contributed by atoms with van der Waals surface area (Å²) in [6, 6.07) is -2.37. The zero-order chi connectivity index (χ0) is 14.8. The van der Waals surface area contributed by atoms with Crippen LogP contribution in [-0.4, -0.2) is 31.6 Å². The first-order valence-corrected chi connectivity index (χ1v) is 4.66. The largest absolute Gasteiger partial charge is 0.401 e. The highest BCUT2D eigenvalue weighted by Gasteiger charge is 2.60. The normalized spacial score (nSPS) is 16.2. The monoisotopic (exact) mass is 291 g/mol. The molecule has 0 aliphatic rings. The Balaban J connectivity index is 4.96. The van der Waals surface area contributed by atoms with Gasteiger partial charge >= 0.3 is 18.5 Å².